The SMILES string of the molecule is COc1cc(NC(=O)[C@@H]2[C@H]3C=C[C@@]4(CN(Cc5ccco5)C(=O)[C@@H]24)O3)cc(OC)c1. The highest BCUT2D eigenvalue weighted by Crippen LogP contribution is 2.52. The number of benzene rings is 1. The number of fused-ring (bicyclic) bond motifs is 1. The third-order valence-electron chi connectivity index (χ3n) is 6.03. The van der Waals surface area contributed by atoms with Crippen LogP contribution in [-0.4, -0.2) is 49.2 Å². The summed E-state index contributed by atoms with van der Waals surface area (Å²) in [4.78, 5) is 28.1. The van der Waals surface area contributed by atoms with Crippen molar-refractivity contribution in [3.63, 3.8) is 0 Å². The summed E-state index contributed by atoms with van der Waals surface area (Å²) in [5.41, 5.74) is -0.225. The Bertz CT molecular complexity index is 994. The lowest BCUT2D eigenvalue weighted by Crippen LogP contribution is -2.41. The van der Waals surface area contributed by atoms with Gasteiger partial charge >= 0.3 is 0 Å². The van der Waals surface area contributed by atoms with Crippen molar-refractivity contribution < 1.29 is 28.2 Å². The zero-order valence-corrected chi connectivity index (χ0v) is 16.7. The molecule has 2 fully saturated rings. The summed E-state index contributed by atoms with van der Waals surface area (Å²) in [6, 6.07) is 8.75. The quantitative estimate of drug-likeness (QED) is 0.735. The molecule has 2 bridgehead atoms. The highest BCUT2D eigenvalue weighted by molar-refractivity contribution is 5.99. The molecule has 0 unspecified atom stereocenters. The van der Waals surface area contributed by atoms with Crippen molar-refractivity contribution in [2.24, 2.45) is 11.8 Å². The molecule has 3 aliphatic heterocycles. The average molecular weight is 410 g/mol. The van der Waals surface area contributed by atoms with E-state index in [2.05, 4.69) is 5.32 Å². The molecular weight excluding hydrogens is 388 g/mol. The molecule has 30 heavy (non-hydrogen) atoms. The first-order valence-electron chi connectivity index (χ1n) is 9.75. The number of nitrogens with one attached hydrogen (secondary N) is 1. The summed E-state index contributed by atoms with van der Waals surface area (Å²) in [6.45, 7) is 0.758. The molecule has 3 aliphatic rings. The zero-order chi connectivity index (χ0) is 20.9. The van der Waals surface area contributed by atoms with Crippen molar-refractivity contribution in [3.8, 4) is 11.5 Å². The van der Waals surface area contributed by atoms with E-state index in [0.717, 1.165) is 0 Å². The van der Waals surface area contributed by atoms with Crippen LogP contribution in [0.2, 0.25) is 0 Å². The predicted octanol–water partition coefficient (Wildman–Crippen LogP) is 2.22. The van der Waals surface area contributed by atoms with Crippen molar-refractivity contribution in [3.05, 3.63) is 54.5 Å². The van der Waals surface area contributed by atoms with Crippen LogP contribution in [0, 0.1) is 11.8 Å². The van der Waals surface area contributed by atoms with Gasteiger partial charge in [-0.2, -0.15) is 0 Å². The second kappa shape index (κ2) is 6.91. The Morgan fingerprint density at radius 2 is 2.03 bits per heavy atom. The smallest absolute Gasteiger partial charge is 0.231 e. The van der Waals surface area contributed by atoms with Gasteiger partial charge in [0.1, 0.15) is 22.9 Å². The molecule has 0 aliphatic carbocycles. The Morgan fingerprint density at radius 3 is 2.70 bits per heavy atom. The lowest BCUT2D eigenvalue weighted by atomic mass is 9.77. The number of likely N-dealkylation sites (tertiary alicyclic amines) is 1. The monoisotopic (exact) mass is 410 g/mol. The maximum Gasteiger partial charge on any atom is 0.231 e. The topological polar surface area (TPSA) is 90.2 Å². The minimum Gasteiger partial charge on any atom is -0.497 e. The number of rotatable bonds is 6. The highest BCUT2D eigenvalue weighted by Gasteiger charge is 2.66. The van der Waals surface area contributed by atoms with Crippen molar-refractivity contribution in [1.82, 2.24) is 4.90 Å². The molecule has 1 aromatic carbocycles. The van der Waals surface area contributed by atoms with E-state index in [1.165, 1.54) is 0 Å². The summed E-state index contributed by atoms with van der Waals surface area (Å²) in [7, 11) is 3.09. The van der Waals surface area contributed by atoms with Crippen LogP contribution in [0.5, 0.6) is 11.5 Å². The van der Waals surface area contributed by atoms with Crippen LogP contribution in [0.1, 0.15) is 5.76 Å². The van der Waals surface area contributed by atoms with E-state index in [9.17, 15) is 9.59 Å². The minimum atomic E-state index is -0.761. The standard InChI is InChI=1S/C22H22N2O6/c1-27-15-8-13(9-16(10-15)28-2)23-20(25)18-17-5-6-22(30-17)12-24(21(26)19(18)22)11-14-4-3-7-29-14/h3-10,17-19H,11-12H2,1-2H3,(H,23,25)/t17-,18-,19-,22+/m1/s1. The number of hydrogen-bond donors (Lipinski definition) is 1. The Kier molecular flexibility index (Phi) is 4.32. The van der Waals surface area contributed by atoms with Gasteiger partial charge in [-0.3, -0.25) is 9.59 Å². The van der Waals surface area contributed by atoms with Crippen molar-refractivity contribution >= 4 is 17.5 Å². The normalized spacial score (nSPS) is 28.7. The number of carbonyl (C=O) groups is 2. The number of anilines is 1. The maximum atomic E-state index is 13.2. The molecule has 4 heterocycles. The van der Waals surface area contributed by atoms with Gasteiger partial charge in [-0.25, -0.2) is 0 Å². The van der Waals surface area contributed by atoms with Crippen LogP contribution >= 0.6 is 0 Å². The molecule has 8 heteroatoms. The van der Waals surface area contributed by atoms with Crippen molar-refractivity contribution in [1.29, 1.82) is 0 Å². The number of nitrogens with zero attached hydrogens (tertiary/aromatic N) is 1. The summed E-state index contributed by atoms with van der Waals surface area (Å²) in [6.07, 6.45) is 4.98. The van der Waals surface area contributed by atoms with Crippen LogP contribution in [0.4, 0.5) is 5.69 Å². The van der Waals surface area contributed by atoms with Crippen LogP contribution in [0.15, 0.2) is 53.2 Å². The van der Waals surface area contributed by atoms with E-state index in [4.69, 9.17) is 18.6 Å². The maximum absolute atomic E-state index is 13.2. The second-order valence-corrected chi connectivity index (χ2v) is 7.76. The lowest BCUT2D eigenvalue weighted by molar-refractivity contribution is -0.136. The number of amides is 2. The summed E-state index contributed by atoms with van der Waals surface area (Å²) >= 11 is 0. The van der Waals surface area contributed by atoms with Gasteiger partial charge < -0.3 is 28.8 Å². The molecule has 1 N–H and O–H groups in total. The van der Waals surface area contributed by atoms with E-state index < -0.39 is 23.5 Å². The van der Waals surface area contributed by atoms with Crippen LogP contribution in [-0.2, 0) is 20.9 Å². The van der Waals surface area contributed by atoms with E-state index in [1.54, 1.807) is 49.6 Å². The molecule has 2 saturated heterocycles. The van der Waals surface area contributed by atoms with Crippen molar-refractivity contribution in [2.75, 3.05) is 26.1 Å². The zero-order valence-electron chi connectivity index (χ0n) is 16.7. The fourth-order valence-electron chi connectivity index (χ4n) is 4.71. The molecule has 0 saturated carbocycles. The lowest BCUT2D eigenvalue weighted by Gasteiger charge is -2.23. The first-order valence-corrected chi connectivity index (χ1v) is 9.75. The molecule has 4 atom stereocenters. The number of ether oxygens (including phenoxy) is 3. The van der Waals surface area contributed by atoms with Gasteiger partial charge in [0, 0.05) is 23.9 Å². The van der Waals surface area contributed by atoms with Crippen LogP contribution < -0.4 is 14.8 Å². The van der Waals surface area contributed by atoms with Gasteiger partial charge in [-0.05, 0) is 12.1 Å². The number of carbonyl (C=O) groups excluding carboxylic acids is 2. The largest absolute Gasteiger partial charge is 0.497 e. The number of hydrogen-bond acceptors (Lipinski definition) is 6. The summed E-state index contributed by atoms with van der Waals surface area (Å²) in [5, 5.41) is 2.91. The fourth-order valence-corrected chi connectivity index (χ4v) is 4.71. The molecule has 2 aromatic rings. The molecule has 1 spiro atoms. The molecule has 1 aromatic heterocycles. The molecule has 2 amide bonds. The van der Waals surface area contributed by atoms with Gasteiger partial charge in [0.05, 0.1) is 51.5 Å². The average Bonchev–Trinajstić information content (AvgIpc) is 3.51. The van der Waals surface area contributed by atoms with Crippen LogP contribution in [0.25, 0.3) is 0 Å². The first kappa shape index (κ1) is 18.7. The summed E-state index contributed by atoms with van der Waals surface area (Å²) < 4.78 is 22.1. The van der Waals surface area contributed by atoms with E-state index in [-0.39, 0.29) is 11.8 Å². The second-order valence-electron chi connectivity index (χ2n) is 7.76. The van der Waals surface area contributed by atoms with E-state index >= 15 is 0 Å². The highest BCUT2D eigenvalue weighted by atomic mass is 16.5. The Hall–Kier alpha value is -3.26. The molecule has 5 rings (SSSR count). The van der Waals surface area contributed by atoms with Gasteiger partial charge in [0.15, 0.2) is 0 Å². The van der Waals surface area contributed by atoms with Crippen molar-refractivity contribution in [2.45, 2.75) is 18.2 Å². The third-order valence-corrected chi connectivity index (χ3v) is 6.03. The Morgan fingerprint density at radius 1 is 1.27 bits per heavy atom. The minimum absolute atomic E-state index is 0.0957. The van der Waals surface area contributed by atoms with E-state index in [0.29, 0.717) is 36.0 Å². The molecule has 156 valence electrons. The Labute approximate surface area is 173 Å². The molecular formula is C22H22N2O6. The van der Waals surface area contributed by atoms with Gasteiger partial charge in [0.25, 0.3) is 0 Å². The Balaban J connectivity index is 1.38. The predicted molar refractivity (Wildman–Crippen MR) is 106 cm³/mol. The van der Waals surface area contributed by atoms with Gasteiger partial charge in [-0.1, -0.05) is 12.2 Å². The number of furan rings is 1. The van der Waals surface area contributed by atoms with Gasteiger partial charge in [0.2, 0.25) is 11.8 Å². The number of methoxy groups -OCH3 is 2. The third kappa shape index (κ3) is 2.87. The summed E-state index contributed by atoms with van der Waals surface area (Å²) in [5.74, 6) is 0.291. The fraction of sp³-hybridized carbons (Fsp3) is 0.364. The molecule has 0 radical (unpaired) electrons. The molecule has 8 nitrogen and oxygen atoms in total. The first-order chi connectivity index (χ1) is 14.5. The van der Waals surface area contributed by atoms with E-state index in [1.807, 2.05) is 18.2 Å². The van der Waals surface area contributed by atoms with Crippen LogP contribution in [0.3, 0.4) is 0 Å². The van der Waals surface area contributed by atoms with Gasteiger partial charge in [-0.15, -0.1) is 0 Å².